The molecule has 2 atom stereocenters. The predicted molar refractivity (Wildman–Crippen MR) is 64.8 cm³/mol. The normalized spacial score (nSPS) is 20.6. The Morgan fingerprint density at radius 2 is 2.18 bits per heavy atom. The van der Waals surface area contributed by atoms with Gasteiger partial charge in [0.05, 0.1) is 0 Å². The SMILES string of the molecule is OC(CNCC1CSc2ccccc21)C(F)F. The Bertz CT molecular complexity index is 375. The van der Waals surface area contributed by atoms with Crippen molar-refractivity contribution < 1.29 is 13.9 Å². The molecule has 1 aromatic carbocycles. The summed E-state index contributed by atoms with van der Waals surface area (Å²) in [6, 6.07) is 8.15. The zero-order valence-corrected chi connectivity index (χ0v) is 10.1. The Balaban J connectivity index is 1.82. The van der Waals surface area contributed by atoms with E-state index in [-0.39, 0.29) is 6.54 Å². The van der Waals surface area contributed by atoms with E-state index in [1.807, 2.05) is 12.1 Å². The molecule has 0 radical (unpaired) electrons. The minimum atomic E-state index is -2.67. The zero-order valence-electron chi connectivity index (χ0n) is 9.27. The highest BCUT2D eigenvalue weighted by Gasteiger charge is 2.23. The average Bonchev–Trinajstić information content (AvgIpc) is 2.72. The second-order valence-electron chi connectivity index (χ2n) is 4.11. The molecule has 2 nitrogen and oxygen atoms in total. The van der Waals surface area contributed by atoms with Crippen LogP contribution in [0.5, 0.6) is 0 Å². The van der Waals surface area contributed by atoms with Gasteiger partial charge in [0.25, 0.3) is 6.43 Å². The largest absolute Gasteiger partial charge is 0.386 e. The highest BCUT2D eigenvalue weighted by Crippen LogP contribution is 2.38. The molecule has 0 fully saturated rings. The Morgan fingerprint density at radius 1 is 1.41 bits per heavy atom. The van der Waals surface area contributed by atoms with Crippen molar-refractivity contribution in [1.82, 2.24) is 5.32 Å². The van der Waals surface area contributed by atoms with Gasteiger partial charge in [0.1, 0.15) is 6.10 Å². The number of fused-ring (bicyclic) bond motifs is 1. The Morgan fingerprint density at radius 3 is 2.94 bits per heavy atom. The molecule has 0 saturated heterocycles. The van der Waals surface area contributed by atoms with Crippen molar-refractivity contribution >= 4 is 11.8 Å². The summed E-state index contributed by atoms with van der Waals surface area (Å²) in [6.07, 6.45) is -4.24. The number of aliphatic hydroxyl groups is 1. The minimum Gasteiger partial charge on any atom is -0.386 e. The number of halogens is 2. The van der Waals surface area contributed by atoms with E-state index < -0.39 is 12.5 Å². The Labute approximate surface area is 103 Å². The first-order chi connectivity index (χ1) is 8.18. The molecule has 1 aliphatic heterocycles. The molecule has 0 aromatic heterocycles. The van der Waals surface area contributed by atoms with Crippen LogP contribution in [0.15, 0.2) is 29.2 Å². The molecule has 2 rings (SSSR count). The van der Waals surface area contributed by atoms with Gasteiger partial charge in [0.15, 0.2) is 0 Å². The van der Waals surface area contributed by atoms with Gasteiger partial charge in [-0.1, -0.05) is 18.2 Å². The van der Waals surface area contributed by atoms with Crippen LogP contribution in [-0.4, -0.2) is 36.5 Å². The van der Waals surface area contributed by atoms with Crippen LogP contribution >= 0.6 is 11.8 Å². The molecule has 0 bridgehead atoms. The lowest BCUT2D eigenvalue weighted by Crippen LogP contribution is -2.34. The van der Waals surface area contributed by atoms with Crippen LogP contribution in [0.25, 0.3) is 0 Å². The molecule has 1 aromatic rings. The summed E-state index contributed by atoms with van der Waals surface area (Å²) in [5.41, 5.74) is 1.27. The molecule has 0 saturated carbocycles. The number of rotatable bonds is 5. The summed E-state index contributed by atoms with van der Waals surface area (Å²) in [4.78, 5) is 1.27. The van der Waals surface area contributed by atoms with Crippen LogP contribution in [0.4, 0.5) is 8.78 Å². The van der Waals surface area contributed by atoms with Crippen molar-refractivity contribution in [3.63, 3.8) is 0 Å². The summed E-state index contributed by atoms with van der Waals surface area (Å²) in [5, 5.41) is 11.9. The van der Waals surface area contributed by atoms with E-state index in [1.165, 1.54) is 10.5 Å². The van der Waals surface area contributed by atoms with Crippen molar-refractivity contribution in [2.75, 3.05) is 18.8 Å². The third-order valence-corrected chi connectivity index (χ3v) is 4.09. The van der Waals surface area contributed by atoms with E-state index in [0.717, 1.165) is 5.75 Å². The molecule has 2 N–H and O–H groups in total. The van der Waals surface area contributed by atoms with Gasteiger partial charge in [0.2, 0.25) is 0 Å². The summed E-state index contributed by atoms with van der Waals surface area (Å²) >= 11 is 1.79. The van der Waals surface area contributed by atoms with Gasteiger partial charge >= 0.3 is 0 Å². The van der Waals surface area contributed by atoms with E-state index in [0.29, 0.717) is 12.5 Å². The lowest BCUT2D eigenvalue weighted by Gasteiger charge is -2.14. The van der Waals surface area contributed by atoms with Crippen LogP contribution in [0, 0.1) is 0 Å². The molecule has 17 heavy (non-hydrogen) atoms. The maximum absolute atomic E-state index is 12.1. The number of benzene rings is 1. The molecule has 1 aliphatic rings. The topological polar surface area (TPSA) is 32.3 Å². The Kier molecular flexibility index (Phi) is 4.36. The van der Waals surface area contributed by atoms with Gasteiger partial charge < -0.3 is 10.4 Å². The first kappa shape index (κ1) is 12.8. The number of nitrogens with one attached hydrogen (secondary N) is 1. The standard InChI is InChI=1S/C12H15F2NOS/c13-12(14)10(16)6-15-5-8-7-17-11-4-2-1-3-9(8)11/h1-4,8,10,12,15-16H,5-7H2. The monoisotopic (exact) mass is 259 g/mol. The van der Waals surface area contributed by atoms with Crippen molar-refractivity contribution in [2.45, 2.75) is 23.3 Å². The molecule has 1 heterocycles. The quantitative estimate of drug-likeness (QED) is 0.849. The minimum absolute atomic E-state index is 0.0546. The average molecular weight is 259 g/mol. The number of hydrogen-bond acceptors (Lipinski definition) is 3. The fourth-order valence-electron chi connectivity index (χ4n) is 1.89. The van der Waals surface area contributed by atoms with E-state index in [2.05, 4.69) is 17.4 Å². The van der Waals surface area contributed by atoms with E-state index >= 15 is 0 Å². The maximum atomic E-state index is 12.1. The number of thioether (sulfide) groups is 1. The van der Waals surface area contributed by atoms with Gasteiger partial charge in [-0.2, -0.15) is 0 Å². The second kappa shape index (κ2) is 5.80. The van der Waals surface area contributed by atoms with Crippen LogP contribution in [0.2, 0.25) is 0 Å². The van der Waals surface area contributed by atoms with E-state index in [9.17, 15) is 8.78 Å². The fourth-order valence-corrected chi connectivity index (χ4v) is 3.15. The molecular weight excluding hydrogens is 244 g/mol. The molecule has 0 amide bonds. The highest BCUT2D eigenvalue weighted by molar-refractivity contribution is 7.99. The summed E-state index contributed by atoms with van der Waals surface area (Å²) in [6.45, 7) is 0.578. The third-order valence-electron chi connectivity index (χ3n) is 2.83. The summed E-state index contributed by atoms with van der Waals surface area (Å²) in [5.74, 6) is 1.32. The van der Waals surface area contributed by atoms with Gasteiger partial charge in [-0.05, 0) is 11.6 Å². The molecule has 5 heteroatoms. The van der Waals surface area contributed by atoms with E-state index in [4.69, 9.17) is 5.11 Å². The smallest absolute Gasteiger partial charge is 0.265 e. The van der Waals surface area contributed by atoms with Gasteiger partial charge in [-0.3, -0.25) is 0 Å². The first-order valence-electron chi connectivity index (χ1n) is 5.57. The zero-order chi connectivity index (χ0) is 12.3. The summed E-state index contributed by atoms with van der Waals surface area (Å²) < 4.78 is 24.1. The lowest BCUT2D eigenvalue weighted by atomic mass is 10.0. The van der Waals surface area contributed by atoms with Gasteiger partial charge in [-0.15, -0.1) is 11.8 Å². The second-order valence-corrected chi connectivity index (χ2v) is 5.17. The third kappa shape index (κ3) is 3.18. The highest BCUT2D eigenvalue weighted by atomic mass is 32.2. The predicted octanol–water partition coefficient (Wildman–Crippen LogP) is 2.09. The molecule has 94 valence electrons. The van der Waals surface area contributed by atoms with Crippen molar-refractivity contribution in [3.05, 3.63) is 29.8 Å². The number of hydrogen-bond donors (Lipinski definition) is 2. The van der Waals surface area contributed by atoms with Gasteiger partial charge in [-0.25, -0.2) is 8.78 Å². The van der Waals surface area contributed by atoms with E-state index in [1.54, 1.807) is 11.8 Å². The molecular formula is C12H15F2NOS. The maximum Gasteiger partial charge on any atom is 0.265 e. The summed E-state index contributed by atoms with van der Waals surface area (Å²) in [7, 11) is 0. The van der Waals surface area contributed by atoms with Crippen LogP contribution in [0.1, 0.15) is 11.5 Å². The van der Waals surface area contributed by atoms with Crippen molar-refractivity contribution in [1.29, 1.82) is 0 Å². The van der Waals surface area contributed by atoms with Crippen molar-refractivity contribution in [3.8, 4) is 0 Å². The number of aliphatic hydroxyl groups excluding tert-OH is 1. The molecule has 0 spiro atoms. The lowest BCUT2D eigenvalue weighted by molar-refractivity contribution is -0.00325. The first-order valence-corrected chi connectivity index (χ1v) is 6.55. The number of alkyl halides is 2. The van der Waals surface area contributed by atoms with Crippen LogP contribution in [0.3, 0.4) is 0 Å². The van der Waals surface area contributed by atoms with Crippen molar-refractivity contribution in [2.24, 2.45) is 0 Å². The van der Waals surface area contributed by atoms with Gasteiger partial charge in [0, 0.05) is 29.7 Å². The molecule has 2 unspecified atom stereocenters. The molecule has 0 aliphatic carbocycles. The van der Waals surface area contributed by atoms with Crippen LogP contribution in [-0.2, 0) is 0 Å². The fraction of sp³-hybridized carbons (Fsp3) is 0.500. The van der Waals surface area contributed by atoms with Crippen LogP contribution < -0.4 is 5.32 Å². The Hall–Kier alpha value is -0.650.